The van der Waals surface area contributed by atoms with E-state index in [0.717, 1.165) is 27.8 Å². The summed E-state index contributed by atoms with van der Waals surface area (Å²) >= 11 is 0. The van der Waals surface area contributed by atoms with Crippen LogP contribution in [0.5, 0.6) is 11.5 Å². The molecule has 0 bridgehead atoms. The Morgan fingerprint density at radius 2 is 1.61 bits per heavy atom. The number of hydrogen-bond acceptors (Lipinski definition) is 7. The number of para-hydroxylation sites is 1. The van der Waals surface area contributed by atoms with E-state index in [4.69, 9.17) is 24.0 Å². The lowest BCUT2D eigenvalue weighted by Gasteiger charge is -2.17. The topological polar surface area (TPSA) is 73.5 Å². The highest BCUT2D eigenvalue weighted by Gasteiger charge is 2.19. The summed E-state index contributed by atoms with van der Waals surface area (Å²) in [7, 11) is 5.13. The van der Waals surface area contributed by atoms with Gasteiger partial charge in [0.15, 0.2) is 5.82 Å². The third-order valence-electron chi connectivity index (χ3n) is 5.45. The third kappa shape index (κ3) is 3.85. The molecule has 2 aromatic heterocycles. The monoisotopic (exact) mass is 438 g/mol. The van der Waals surface area contributed by atoms with Crippen LogP contribution in [0.1, 0.15) is 0 Å². The van der Waals surface area contributed by atoms with Crippen molar-refractivity contribution in [3.05, 3.63) is 78.9 Å². The second-order valence-electron chi connectivity index (χ2n) is 7.43. The zero-order valence-electron chi connectivity index (χ0n) is 18.5. The van der Waals surface area contributed by atoms with Crippen LogP contribution < -0.4 is 14.4 Å². The number of hydrogen-bond donors (Lipinski definition) is 0. The van der Waals surface area contributed by atoms with Crippen molar-refractivity contribution in [3.63, 3.8) is 0 Å². The molecule has 3 aromatic carbocycles. The number of aromatic nitrogens is 3. The fourth-order valence-corrected chi connectivity index (χ4v) is 3.70. The number of anilines is 2. The molecule has 0 radical (unpaired) electrons. The second-order valence-corrected chi connectivity index (χ2v) is 7.43. The first-order valence-corrected chi connectivity index (χ1v) is 10.4. The van der Waals surface area contributed by atoms with Gasteiger partial charge in [0.2, 0.25) is 5.88 Å². The summed E-state index contributed by atoms with van der Waals surface area (Å²) in [4.78, 5) is 11.5. The van der Waals surface area contributed by atoms with Crippen molar-refractivity contribution >= 4 is 22.6 Å². The fourth-order valence-electron chi connectivity index (χ4n) is 3.70. The molecule has 7 nitrogen and oxygen atoms in total. The van der Waals surface area contributed by atoms with E-state index in [1.807, 2.05) is 90.8 Å². The van der Waals surface area contributed by atoms with E-state index in [1.165, 1.54) is 0 Å². The zero-order chi connectivity index (χ0) is 22.8. The molecule has 0 unspecified atom stereocenters. The van der Waals surface area contributed by atoms with Gasteiger partial charge >= 0.3 is 0 Å². The Hall–Kier alpha value is -4.39. The minimum absolute atomic E-state index is 0.547. The molecule has 0 fully saturated rings. The molecule has 0 spiro atoms. The van der Waals surface area contributed by atoms with Gasteiger partial charge in [0, 0.05) is 35.7 Å². The third-order valence-corrected chi connectivity index (χ3v) is 5.45. The van der Waals surface area contributed by atoms with E-state index in [0.29, 0.717) is 28.9 Å². The average Bonchev–Trinajstić information content (AvgIpc) is 3.38. The Labute approximate surface area is 191 Å². The molecule has 0 aliphatic heterocycles. The normalized spacial score (nSPS) is 10.9. The summed E-state index contributed by atoms with van der Waals surface area (Å²) in [5, 5.41) is 5.19. The van der Waals surface area contributed by atoms with E-state index in [9.17, 15) is 0 Å². The number of benzene rings is 3. The molecule has 0 aliphatic rings. The minimum atomic E-state index is 0.547. The van der Waals surface area contributed by atoms with Gasteiger partial charge in [0.25, 0.3) is 0 Å². The van der Waals surface area contributed by atoms with Gasteiger partial charge in [-0.25, -0.2) is 9.97 Å². The number of rotatable bonds is 6. The van der Waals surface area contributed by atoms with E-state index in [2.05, 4.69) is 5.16 Å². The molecule has 0 saturated carbocycles. The maximum absolute atomic E-state index is 5.71. The lowest BCUT2D eigenvalue weighted by atomic mass is 10.1. The molecule has 0 saturated heterocycles. The van der Waals surface area contributed by atoms with Crippen molar-refractivity contribution in [2.75, 3.05) is 26.2 Å². The van der Waals surface area contributed by atoms with E-state index < -0.39 is 0 Å². The van der Waals surface area contributed by atoms with Gasteiger partial charge in [0.05, 0.1) is 19.7 Å². The van der Waals surface area contributed by atoms with Crippen LogP contribution in [0.4, 0.5) is 11.7 Å². The molecule has 0 aliphatic carbocycles. The fraction of sp³-hybridized carbons (Fsp3) is 0.115. The molecule has 5 aromatic rings. The first kappa shape index (κ1) is 20.5. The van der Waals surface area contributed by atoms with Crippen LogP contribution in [0.15, 0.2) is 83.4 Å². The van der Waals surface area contributed by atoms with Gasteiger partial charge in [-0.1, -0.05) is 47.6 Å². The van der Waals surface area contributed by atoms with Gasteiger partial charge < -0.3 is 14.0 Å². The predicted molar refractivity (Wildman–Crippen MR) is 128 cm³/mol. The summed E-state index contributed by atoms with van der Waals surface area (Å²) in [5.41, 5.74) is 3.25. The van der Waals surface area contributed by atoms with E-state index >= 15 is 0 Å². The maximum atomic E-state index is 5.71. The molecular formula is C26H22N4O3. The van der Waals surface area contributed by atoms with Gasteiger partial charge in [0.1, 0.15) is 23.0 Å². The Kier molecular flexibility index (Phi) is 5.36. The first-order valence-electron chi connectivity index (χ1n) is 10.4. The lowest BCUT2D eigenvalue weighted by Crippen LogP contribution is -2.12. The van der Waals surface area contributed by atoms with Gasteiger partial charge in [-0.15, -0.1) is 0 Å². The Bertz CT molecular complexity index is 1420. The number of fused-ring (bicyclic) bond motifs is 1. The largest absolute Gasteiger partial charge is 0.497 e. The predicted octanol–water partition coefficient (Wildman–Crippen LogP) is 5.74. The number of ether oxygens (including phenoxy) is 2. The van der Waals surface area contributed by atoms with Crippen molar-refractivity contribution in [1.82, 2.24) is 15.1 Å². The summed E-state index contributed by atoms with van der Waals surface area (Å²) in [6.45, 7) is 0. The molecular weight excluding hydrogens is 416 g/mol. The van der Waals surface area contributed by atoms with Crippen molar-refractivity contribution in [2.45, 2.75) is 0 Å². The quantitative estimate of drug-likeness (QED) is 0.335. The standard InChI is InChI=1S/C26H22N4O3/c1-30(24-16-22(29-33-24)19-14-13-18(31-2)15-23(19)32-3)26-20-11-7-8-12-21(20)27-25(28-26)17-9-5-4-6-10-17/h4-16H,1-3H3. The zero-order valence-corrected chi connectivity index (χ0v) is 18.5. The van der Waals surface area contributed by atoms with Crippen LogP contribution in [-0.2, 0) is 0 Å². The second kappa shape index (κ2) is 8.63. The number of methoxy groups -OCH3 is 2. The Balaban J connectivity index is 1.58. The minimum Gasteiger partial charge on any atom is -0.497 e. The van der Waals surface area contributed by atoms with Gasteiger partial charge in [-0.05, 0) is 24.3 Å². The SMILES string of the molecule is COc1ccc(-c2cc(N(C)c3nc(-c4ccccc4)nc4ccccc34)on2)c(OC)c1. The molecule has 33 heavy (non-hydrogen) atoms. The van der Waals surface area contributed by atoms with E-state index in [-0.39, 0.29) is 0 Å². The Morgan fingerprint density at radius 3 is 2.39 bits per heavy atom. The summed E-state index contributed by atoms with van der Waals surface area (Å²) < 4.78 is 16.5. The highest BCUT2D eigenvalue weighted by atomic mass is 16.5. The molecule has 0 N–H and O–H groups in total. The summed E-state index contributed by atoms with van der Waals surface area (Å²) in [6, 6.07) is 25.3. The van der Waals surface area contributed by atoms with Gasteiger partial charge in [-0.2, -0.15) is 0 Å². The molecule has 7 heteroatoms. The summed E-state index contributed by atoms with van der Waals surface area (Å²) in [5.74, 6) is 3.27. The molecule has 164 valence electrons. The highest BCUT2D eigenvalue weighted by molar-refractivity contribution is 5.92. The molecule has 0 atom stereocenters. The average molecular weight is 438 g/mol. The molecule has 5 rings (SSSR count). The van der Waals surface area contributed by atoms with Crippen molar-refractivity contribution in [2.24, 2.45) is 0 Å². The van der Waals surface area contributed by atoms with Crippen molar-refractivity contribution < 1.29 is 14.0 Å². The van der Waals surface area contributed by atoms with Crippen LogP contribution in [-0.4, -0.2) is 36.4 Å². The van der Waals surface area contributed by atoms with Gasteiger partial charge in [-0.3, -0.25) is 4.90 Å². The van der Waals surface area contributed by atoms with Crippen LogP contribution in [0, 0.1) is 0 Å². The van der Waals surface area contributed by atoms with Crippen molar-refractivity contribution in [3.8, 4) is 34.1 Å². The molecule has 0 amide bonds. The lowest BCUT2D eigenvalue weighted by molar-refractivity contribution is 0.394. The van der Waals surface area contributed by atoms with Crippen LogP contribution >= 0.6 is 0 Å². The summed E-state index contributed by atoms with van der Waals surface area (Å²) in [6.07, 6.45) is 0. The van der Waals surface area contributed by atoms with Crippen LogP contribution in [0.2, 0.25) is 0 Å². The van der Waals surface area contributed by atoms with Crippen LogP contribution in [0.25, 0.3) is 33.5 Å². The van der Waals surface area contributed by atoms with Crippen molar-refractivity contribution in [1.29, 1.82) is 0 Å². The highest BCUT2D eigenvalue weighted by Crippen LogP contribution is 2.36. The maximum Gasteiger partial charge on any atom is 0.233 e. The molecule has 2 heterocycles. The smallest absolute Gasteiger partial charge is 0.233 e. The number of nitrogens with zero attached hydrogens (tertiary/aromatic N) is 4. The van der Waals surface area contributed by atoms with E-state index in [1.54, 1.807) is 14.2 Å². The first-order chi connectivity index (χ1) is 16.2. The van der Waals surface area contributed by atoms with Crippen LogP contribution in [0.3, 0.4) is 0 Å². The Morgan fingerprint density at radius 1 is 0.818 bits per heavy atom.